The summed E-state index contributed by atoms with van der Waals surface area (Å²) in [6.45, 7) is 11.9. The smallest absolute Gasteiger partial charge is 0.280 e. The van der Waals surface area contributed by atoms with Crippen molar-refractivity contribution in [3.63, 3.8) is 0 Å². The van der Waals surface area contributed by atoms with E-state index >= 15 is 0 Å². The van der Waals surface area contributed by atoms with Crippen LogP contribution < -0.4 is 20.3 Å². The monoisotopic (exact) mass is 867 g/mol. The molecule has 1 amide bonds. The number of carbonyl (C=O) groups excluding carboxylic acids is 1. The topological polar surface area (TPSA) is 184 Å². The highest BCUT2D eigenvalue weighted by Crippen LogP contribution is 2.56. The summed E-state index contributed by atoms with van der Waals surface area (Å²) in [5.74, 6) is 0.665. The van der Waals surface area contributed by atoms with Gasteiger partial charge in [0.2, 0.25) is 11.9 Å². The van der Waals surface area contributed by atoms with Crippen molar-refractivity contribution >= 4 is 31.5 Å². The van der Waals surface area contributed by atoms with Gasteiger partial charge in [0, 0.05) is 18.0 Å². The number of nitrogens with zero attached hydrogens (tertiary/aromatic N) is 5. The van der Waals surface area contributed by atoms with Crippen molar-refractivity contribution in [2.24, 2.45) is 5.92 Å². The molecule has 4 heterocycles. The highest BCUT2D eigenvalue weighted by Gasteiger charge is 2.65. The summed E-state index contributed by atoms with van der Waals surface area (Å²) in [5, 5.41) is 12.2. The van der Waals surface area contributed by atoms with Gasteiger partial charge < -0.3 is 32.7 Å². The lowest BCUT2D eigenvalue weighted by Crippen LogP contribution is -2.49. The number of hydrogen-bond donors (Lipinski definition) is 2. The number of aromatic nitrogens is 4. The number of amides is 1. The second-order valence-corrected chi connectivity index (χ2v) is 17.5. The molecule has 2 bridgehead atoms. The minimum Gasteiger partial charge on any atom is -0.497 e. The SMILES string of the molecule is COc1ccc(C(OCC23COC(C(n4cnc5c(=O)[nH]c(NC(=O)C(C)C)nc54)O2)C3OP(OCCC#N)N(C(C)C)C(C)C)(c2ccccc2)c2ccc(OC)cc2)cc1. The second kappa shape index (κ2) is 19.0. The highest BCUT2D eigenvalue weighted by molar-refractivity contribution is 7.44. The van der Waals surface area contributed by atoms with Gasteiger partial charge >= 0.3 is 0 Å². The van der Waals surface area contributed by atoms with Gasteiger partial charge in [-0.3, -0.25) is 24.5 Å². The van der Waals surface area contributed by atoms with E-state index in [1.807, 2.05) is 78.9 Å². The normalized spacial score (nSPS) is 20.3. The zero-order valence-corrected chi connectivity index (χ0v) is 37.1. The molecule has 0 saturated carbocycles. The van der Waals surface area contributed by atoms with Crippen LogP contribution in [0.4, 0.5) is 5.95 Å². The first-order chi connectivity index (χ1) is 29.8. The number of rotatable bonds is 19. The quantitative estimate of drug-likeness (QED) is 0.0489. The Morgan fingerprint density at radius 3 is 2.16 bits per heavy atom. The number of carbonyl (C=O) groups is 1. The number of benzene rings is 3. The summed E-state index contributed by atoms with van der Waals surface area (Å²) in [5.41, 5.74) is -0.305. The maximum Gasteiger partial charge on any atom is 0.280 e. The fraction of sp³-hybridized carbons (Fsp3) is 0.444. The van der Waals surface area contributed by atoms with E-state index in [4.69, 9.17) is 32.7 Å². The van der Waals surface area contributed by atoms with E-state index in [9.17, 15) is 14.9 Å². The third-order valence-electron chi connectivity index (χ3n) is 11.0. The van der Waals surface area contributed by atoms with Crippen molar-refractivity contribution in [1.82, 2.24) is 24.2 Å². The average Bonchev–Trinajstić information content (AvgIpc) is 3.94. The van der Waals surface area contributed by atoms with Crippen molar-refractivity contribution in [2.75, 3.05) is 39.4 Å². The molecule has 2 aliphatic rings. The highest BCUT2D eigenvalue weighted by atomic mass is 31.2. The number of ether oxygens (including phenoxy) is 5. The molecule has 2 saturated heterocycles. The Morgan fingerprint density at radius 2 is 1.60 bits per heavy atom. The molecule has 0 radical (unpaired) electrons. The summed E-state index contributed by atoms with van der Waals surface area (Å²) in [6, 6.07) is 27.7. The molecule has 5 unspecified atom stereocenters. The largest absolute Gasteiger partial charge is 0.497 e. The molecule has 62 heavy (non-hydrogen) atoms. The second-order valence-electron chi connectivity index (χ2n) is 16.1. The van der Waals surface area contributed by atoms with Crippen LogP contribution in [0.1, 0.15) is 70.9 Å². The van der Waals surface area contributed by atoms with E-state index in [1.165, 1.54) is 6.33 Å². The fourth-order valence-corrected chi connectivity index (χ4v) is 9.82. The van der Waals surface area contributed by atoms with Crippen LogP contribution >= 0.6 is 8.53 Å². The number of nitriles is 1. The minimum atomic E-state index is -1.79. The number of nitrogens with one attached hydrogen (secondary N) is 2. The van der Waals surface area contributed by atoms with Crippen molar-refractivity contribution in [3.05, 3.63) is 112 Å². The van der Waals surface area contributed by atoms with Gasteiger partial charge in [-0.05, 0) is 68.7 Å². The van der Waals surface area contributed by atoms with Gasteiger partial charge in [-0.1, -0.05) is 68.4 Å². The Bertz CT molecular complexity index is 2350. The lowest BCUT2D eigenvalue weighted by atomic mass is 9.79. The summed E-state index contributed by atoms with van der Waals surface area (Å²) in [4.78, 5) is 37.7. The van der Waals surface area contributed by atoms with Crippen LogP contribution in [-0.4, -0.2) is 94.0 Å². The summed E-state index contributed by atoms with van der Waals surface area (Å²) >= 11 is 0. The lowest BCUT2D eigenvalue weighted by Gasteiger charge is -2.41. The number of methoxy groups -OCH3 is 2. The molecule has 5 aromatic rings. The maximum absolute atomic E-state index is 13.3. The van der Waals surface area contributed by atoms with Crippen LogP contribution in [0, 0.1) is 17.2 Å². The molecule has 17 heteroatoms. The number of H-pyrrole nitrogens is 1. The van der Waals surface area contributed by atoms with Crippen LogP contribution in [0.2, 0.25) is 0 Å². The third-order valence-corrected chi connectivity index (χ3v) is 13.1. The zero-order valence-electron chi connectivity index (χ0n) is 36.2. The van der Waals surface area contributed by atoms with E-state index < -0.39 is 43.7 Å². The van der Waals surface area contributed by atoms with Crippen LogP contribution in [0.15, 0.2) is 90.0 Å². The first kappa shape index (κ1) is 44.8. The molecule has 2 aliphatic heterocycles. The Labute approximate surface area is 362 Å². The number of anilines is 1. The molecule has 2 fully saturated rings. The van der Waals surface area contributed by atoms with Gasteiger partial charge in [-0.25, -0.2) is 9.65 Å². The standard InChI is InChI=1S/C45H54N7O9P/c1-28(2)40(53)49-43-48-39-36(41(54)50-43)47-27-51(39)42-37-38(61-62(59-24-12-23-46)52(29(3)4)30(5)6)44(60-42,25-57-37)26-58-45(31-13-10-9-11-14-31,32-15-19-34(55-7)20-16-32)33-17-21-35(56-8)22-18-33/h9-11,13-22,27-30,37-38,42H,12,24-26H2,1-8H3,(H2,48,49,50,53,54). The van der Waals surface area contributed by atoms with E-state index in [2.05, 4.69) is 58.7 Å². The summed E-state index contributed by atoms with van der Waals surface area (Å²) in [7, 11) is 1.45. The van der Waals surface area contributed by atoms with Gasteiger partial charge in [0.1, 0.15) is 34.9 Å². The van der Waals surface area contributed by atoms with Crippen molar-refractivity contribution in [2.45, 2.75) is 89.7 Å². The molecule has 3 aromatic carbocycles. The molecular weight excluding hydrogens is 814 g/mol. The minimum absolute atomic E-state index is 0.0101. The number of fused-ring (bicyclic) bond motifs is 3. The lowest BCUT2D eigenvalue weighted by molar-refractivity contribution is -0.202. The van der Waals surface area contributed by atoms with Gasteiger partial charge in [-0.2, -0.15) is 10.2 Å². The van der Waals surface area contributed by atoms with Crippen molar-refractivity contribution < 1.29 is 37.5 Å². The molecule has 328 valence electrons. The molecule has 0 spiro atoms. The van der Waals surface area contributed by atoms with Crippen LogP contribution in [0.25, 0.3) is 11.2 Å². The van der Waals surface area contributed by atoms with Gasteiger partial charge in [0.05, 0.1) is 52.9 Å². The molecule has 7 rings (SSSR count). The summed E-state index contributed by atoms with van der Waals surface area (Å²) < 4.78 is 49.8. The first-order valence-electron chi connectivity index (χ1n) is 20.7. The fourth-order valence-electron chi connectivity index (χ4n) is 8.00. The molecule has 16 nitrogen and oxygen atoms in total. The average molecular weight is 868 g/mol. The molecule has 5 atom stereocenters. The predicted molar refractivity (Wildman–Crippen MR) is 233 cm³/mol. The zero-order chi connectivity index (χ0) is 44.2. The number of hydrogen-bond acceptors (Lipinski definition) is 13. The third kappa shape index (κ3) is 8.71. The Hall–Kier alpha value is -5.24. The molecule has 0 aliphatic carbocycles. The predicted octanol–water partition coefficient (Wildman–Crippen LogP) is 7.07. The molecule has 2 aromatic heterocycles. The number of imidazole rings is 1. The Morgan fingerprint density at radius 1 is 0.984 bits per heavy atom. The van der Waals surface area contributed by atoms with Gasteiger partial charge in [0.15, 0.2) is 17.4 Å². The molecular formula is C45H54N7O9P. The van der Waals surface area contributed by atoms with Crippen LogP contribution in [0.3, 0.4) is 0 Å². The van der Waals surface area contributed by atoms with Gasteiger partial charge in [-0.15, -0.1) is 0 Å². The van der Waals surface area contributed by atoms with Crippen molar-refractivity contribution in [3.8, 4) is 17.6 Å². The van der Waals surface area contributed by atoms with E-state index in [0.717, 1.165) is 16.7 Å². The van der Waals surface area contributed by atoms with Crippen molar-refractivity contribution in [1.29, 1.82) is 5.26 Å². The molecule has 2 N–H and O–H groups in total. The maximum atomic E-state index is 13.3. The Kier molecular flexibility index (Phi) is 13.7. The Balaban J connectivity index is 1.37. The summed E-state index contributed by atoms with van der Waals surface area (Å²) in [6.07, 6.45) is -0.846. The van der Waals surface area contributed by atoms with Crippen LogP contribution in [0.5, 0.6) is 11.5 Å². The van der Waals surface area contributed by atoms with E-state index in [1.54, 1.807) is 32.6 Å². The van der Waals surface area contributed by atoms with Crippen LogP contribution in [-0.2, 0) is 33.7 Å². The van der Waals surface area contributed by atoms with Gasteiger partial charge in [0.25, 0.3) is 14.1 Å². The van der Waals surface area contributed by atoms with E-state index in [-0.39, 0.29) is 67.3 Å². The number of aromatic amines is 1. The van der Waals surface area contributed by atoms with E-state index in [0.29, 0.717) is 11.5 Å². The first-order valence-corrected chi connectivity index (χ1v) is 21.8.